The van der Waals surface area contributed by atoms with Gasteiger partial charge in [-0.25, -0.2) is 5.84 Å². The second-order valence-electron chi connectivity index (χ2n) is 12.2. The third-order valence-corrected chi connectivity index (χ3v) is 6.65. The van der Waals surface area contributed by atoms with Gasteiger partial charge in [0.1, 0.15) is 5.75 Å². The Morgan fingerprint density at radius 1 is 1.15 bits per heavy atom. The highest BCUT2D eigenvalue weighted by Crippen LogP contribution is 2.37. The zero-order chi connectivity index (χ0) is 30.0. The number of benzene rings is 2. The molecule has 218 valence electrons. The summed E-state index contributed by atoms with van der Waals surface area (Å²) in [6.45, 7) is 17.1. The highest BCUT2D eigenvalue weighted by atomic mass is 16.7. The number of rotatable bonds is 8. The van der Waals surface area contributed by atoms with Crippen molar-refractivity contribution in [3.8, 4) is 5.75 Å². The first-order valence-corrected chi connectivity index (χ1v) is 13.3. The van der Waals surface area contributed by atoms with E-state index in [9.17, 15) is 4.79 Å². The summed E-state index contributed by atoms with van der Waals surface area (Å²) in [7, 11) is 3.50. The zero-order valence-electron chi connectivity index (χ0n) is 25.4. The summed E-state index contributed by atoms with van der Waals surface area (Å²) in [4.78, 5) is 18.9. The quantitative estimate of drug-likeness (QED) is 0.237. The number of methoxy groups -OCH3 is 1. The number of aryl methyl sites for hydroxylation is 1. The van der Waals surface area contributed by atoms with Gasteiger partial charge in [-0.2, -0.15) is 0 Å². The molecule has 2 aromatic carbocycles. The Labute approximate surface area is 238 Å². The molecule has 1 aliphatic heterocycles. The number of hydrogen-bond donors (Lipinski definition) is 5. The number of carbonyl (C=O) groups is 1. The molecule has 0 unspecified atom stereocenters. The van der Waals surface area contributed by atoms with E-state index in [0.717, 1.165) is 28.1 Å². The van der Waals surface area contributed by atoms with E-state index < -0.39 is 0 Å². The molecule has 0 saturated heterocycles. The summed E-state index contributed by atoms with van der Waals surface area (Å²) in [5.74, 6) is 7.41. The molecule has 0 bridgehead atoms. The maximum atomic E-state index is 13.5. The monoisotopic (exact) mass is 551 g/mol. The molecule has 0 radical (unpaired) electrons. The van der Waals surface area contributed by atoms with Crippen LogP contribution in [0.4, 0.5) is 11.4 Å². The number of nitrogens with two attached hydrogens (primary N) is 2. The molecule has 1 amide bonds. The van der Waals surface area contributed by atoms with Crippen molar-refractivity contribution in [2.45, 2.75) is 72.9 Å². The van der Waals surface area contributed by atoms with E-state index in [1.165, 1.54) is 5.01 Å². The van der Waals surface area contributed by atoms with Gasteiger partial charge in [-0.3, -0.25) is 14.8 Å². The van der Waals surface area contributed by atoms with Gasteiger partial charge in [-0.05, 0) is 69.9 Å². The Bertz CT molecular complexity index is 1320. The predicted octanol–water partition coefficient (Wildman–Crippen LogP) is 4.53. The van der Waals surface area contributed by atoms with Gasteiger partial charge >= 0.3 is 0 Å². The average molecular weight is 552 g/mol. The standard InChI is InChI=1S/C30H45N7O3/c1-18-11-12-20(14-25(18)37(32)17-24(31)26-19(2)36(9)35-40-26)28(38)34-22-13-21(16-33-30(6,7)8)27(39-10)23(15-22)29(3,4)5/h11-15,17,33,35H,16,31-32H2,1-10H3,(H,34,38)/b24-17-. The number of allylic oxidation sites excluding steroid dienone is 1. The molecule has 0 atom stereocenters. The summed E-state index contributed by atoms with van der Waals surface area (Å²) in [6.07, 6.45) is 1.57. The zero-order valence-corrected chi connectivity index (χ0v) is 25.4. The second-order valence-corrected chi connectivity index (χ2v) is 12.2. The number of carbonyl (C=O) groups excluding carboxylic acids is 1. The van der Waals surface area contributed by atoms with Gasteiger partial charge in [-0.15, -0.1) is 0 Å². The molecule has 1 aliphatic rings. The Kier molecular flexibility index (Phi) is 9.08. The third kappa shape index (κ3) is 7.26. The van der Waals surface area contributed by atoms with Crippen LogP contribution in [0.2, 0.25) is 0 Å². The van der Waals surface area contributed by atoms with Crippen molar-refractivity contribution in [1.29, 1.82) is 0 Å². The SMILES string of the molecule is COc1c(CNC(C)(C)C)cc(NC(=O)c2ccc(C)c(N(N)/C=C(\N)C3=C(C)N(C)NO3)c2)cc1C(C)(C)C. The van der Waals surface area contributed by atoms with Crippen LogP contribution in [-0.2, 0) is 16.8 Å². The molecule has 7 N–H and O–H groups in total. The number of nitrogens with one attached hydrogen (secondary N) is 3. The maximum Gasteiger partial charge on any atom is 0.255 e. The summed E-state index contributed by atoms with van der Waals surface area (Å²) in [6, 6.07) is 9.31. The van der Waals surface area contributed by atoms with Crippen molar-refractivity contribution in [3.63, 3.8) is 0 Å². The Hall–Kier alpha value is -3.73. The number of anilines is 2. The molecule has 0 saturated carbocycles. The van der Waals surface area contributed by atoms with Gasteiger partial charge in [0.05, 0.1) is 24.2 Å². The molecule has 0 fully saturated rings. The van der Waals surface area contributed by atoms with Crippen LogP contribution in [0.15, 0.2) is 53.7 Å². The summed E-state index contributed by atoms with van der Waals surface area (Å²) >= 11 is 0. The number of ether oxygens (including phenoxy) is 1. The van der Waals surface area contributed by atoms with Crippen LogP contribution in [0.1, 0.15) is 75.5 Å². The Balaban J connectivity index is 1.93. The lowest BCUT2D eigenvalue weighted by Gasteiger charge is -2.27. The van der Waals surface area contributed by atoms with Gasteiger partial charge in [0.2, 0.25) is 0 Å². The molecular formula is C30H45N7O3. The summed E-state index contributed by atoms with van der Waals surface area (Å²) in [5.41, 5.74) is 14.5. The molecule has 0 aliphatic carbocycles. The highest BCUT2D eigenvalue weighted by Gasteiger charge is 2.24. The minimum absolute atomic E-state index is 0.0814. The van der Waals surface area contributed by atoms with Crippen LogP contribution < -0.4 is 37.5 Å². The molecule has 3 rings (SSSR count). The van der Waals surface area contributed by atoms with Crippen LogP contribution in [0.3, 0.4) is 0 Å². The predicted molar refractivity (Wildman–Crippen MR) is 161 cm³/mol. The largest absolute Gasteiger partial charge is 0.496 e. The molecular weight excluding hydrogens is 506 g/mol. The van der Waals surface area contributed by atoms with Gasteiger partial charge < -0.3 is 25.9 Å². The number of hydrazine groups is 2. The van der Waals surface area contributed by atoms with Crippen LogP contribution in [0.25, 0.3) is 0 Å². The maximum absolute atomic E-state index is 13.5. The first kappa shape index (κ1) is 30.8. The van der Waals surface area contributed by atoms with E-state index >= 15 is 0 Å². The normalized spacial score (nSPS) is 14.4. The fourth-order valence-electron chi connectivity index (χ4n) is 4.24. The van der Waals surface area contributed by atoms with Crippen LogP contribution >= 0.6 is 0 Å². The van der Waals surface area contributed by atoms with Crippen molar-refractivity contribution in [2.24, 2.45) is 11.6 Å². The van der Waals surface area contributed by atoms with Gasteiger partial charge in [0, 0.05) is 47.7 Å². The number of hydrogen-bond acceptors (Lipinski definition) is 9. The lowest BCUT2D eigenvalue weighted by atomic mass is 9.84. The van der Waals surface area contributed by atoms with Gasteiger partial charge in [0.15, 0.2) is 5.76 Å². The summed E-state index contributed by atoms with van der Waals surface area (Å²) in [5, 5.41) is 9.71. The van der Waals surface area contributed by atoms with E-state index in [-0.39, 0.29) is 16.9 Å². The van der Waals surface area contributed by atoms with Crippen LogP contribution in [-0.4, -0.2) is 30.6 Å². The van der Waals surface area contributed by atoms with Gasteiger partial charge in [-0.1, -0.05) is 32.4 Å². The molecule has 1 heterocycles. The fraction of sp³-hybridized carbons (Fsp3) is 0.433. The Morgan fingerprint density at radius 2 is 1.82 bits per heavy atom. The average Bonchev–Trinajstić information content (AvgIpc) is 3.19. The topological polar surface area (TPSA) is 130 Å². The molecule has 0 spiro atoms. The smallest absolute Gasteiger partial charge is 0.255 e. The van der Waals surface area contributed by atoms with Crippen molar-refractivity contribution < 1.29 is 14.4 Å². The first-order chi connectivity index (χ1) is 18.5. The van der Waals surface area contributed by atoms with Crippen molar-refractivity contribution >= 4 is 17.3 Å². The van der Waals surface area contributed by atoms with E-state index in [4.69, 9.17) is 21.2 Å². The minimum atomic E-state index is -0.255. The Morgan fingerprint density at radius 3 is 2.38 bits per heavy atom. The van der Waals surface area contributed by atoms with Crippen LogP contribution in [0, 0.1) is 6.92 Å². The molecule has 2 aromatic rings. The number of amides is 1. The van der Waals surface area contributed by atoms with E-state index in [1.807, 2.05) is 39.1 Å². The minimum Gasteiger partial charge on any atom is -0.496 e. The van der Waals surface area contributed by atoms with Gasteiger partial charge in [0.25, 0.3) is 5.91 Å². The van der Waals surface area contributed by atoms with Crippen molar-refractivity contribution in [2.75, 3.05) is 24.5 Å². The summed E-state index contributed by atoms with van der Waals surface area (Å²) < 4.78 is 5.84. The second kappa shape index (κ2) is 11.8. The molecule has 0 aromatic heterocycles. The lowest BCUT2D eigenvalue weighted by Crippen LogP contribution is -2.35. The van der Waals surface area contributed by atoms with E-state index in [2.05, 4.69) is 57.8 Å². The first-order valence-electron chi connectivity index (χ1n) is 13.3. The highest BCUT2D eigenvalue weighted by molar-refractivity contribution is 6.05. The van der Waals surface area contributed by atoms with Crippen molar-refractivity contribution in [1.82, 2.24) is 15.9 Å². The van der Waals surface area contributed by atoms with Crippen LogP contribution in [0.5, 0.6) is 5.75 Å². The molecule has 10 nitrogen and oxygen atoms in total. The number of nitrogens with zero attached hydrogens (tertiary/aromatic N) is 2. The third-order valence-electron chi connectivity index (χ3n) is 6.65. The molecule has 10 heteroatoms. The fourth-order valence-corrected chi connectivity index (χ4v) is 4.24. The molecule has 40 heavy (non-hydrogen) atoms. The lowest BCUT2D eigenvalue weighted by molar-refractivity contribution is 0.0364. The van der Waals surface area contributed by atoms with Crippen molar-refractivity contribution in [3.05, 3.63) is 75.9 Å². The van der Waals surface area contributed by atoms with E-state index in [0.29, 0.717) is 34.9 Å². The van der Waals surface area contributed by atoms with E-state index in [1.54, 1.807) is 30.5 Å².